The van der Waals surface area contributed by atoms with E-state index in [0.717, 1.165) is 0 Å². The van der Waals surface area contributed by atoms with Gasteiger partial charge in [0.2, 0.25) is 0 Å². The number of nitro groups is 1. The predicted octanol–water partition coefficient (Wildman–Crippen LogP) is 2.47. The van der Waals surface area contributed by atoms with E-state index in [-0.39, 0.29) is 10.7 Å². The predicted molar refractivity (Wildman–Crippen MR) is 53.3 cm³/mol. The topological polar surface area (TPSA) is 63.4 Å². The lowest BCUT2D eigenvalue weighted by Gasteiger charge is -2.05. The molecule has 0 radical (unpaired) electrons. The van der Waals surface area contributed by atoms with Crippen LogP contribution in [0.3, 0.4) is 0 Å². The minimum atomic E-state index is -0.938. The van der Waals surface area contributed by atoms with Crippen molar-refractivity contribution in [2.24, 2.45) is 0 Å². The van der Waals surface area contributed by atoms with E-state index in [2.05, 4.69) is 6.58 Å². The highest BCUT2D eigenvalue weighted by molar-refractivity contribution is 6.30. The van der Waals surface area contributed by atoms with Gasteiger partial charge in [0.05, 0.1) is 11.0 Å². The highest BCUT2D eigenvalue weighted by Gasteiger charge is 2.12. The molecular weight excluding hydrogens is 206 g/mol. The van der Waals surface area contributed by atoms with Gasteiger partial charge in [-0.2, -0.15) is 0 Å². The fraction of sp³-hybridized carbons (Fsp3) is 0.111. The van der Waals surface area contributed by atoms with Gasteiger partial charge in [0.15, 0.2) is 0 Å². The molecule has 1 unspecified atom stereocenters. The van der Waals surface area contributed by atoms with Crippen molar-refractivity contribution in [1.82, 2.24) is 0 Å². The van der Waals surface area contributed by atoms with Gasteiger partial charge in [0, 0.05) is 17.2 Å². The lowest BCUT2D eigenvalue weighted by Crippen LogP contribution is -1.95. The SMILES string of the molecule is C=CC(O)c1cc(Cl)cc([N+](=O)[O-])c1. The molecule has 0 aliphatic heterocycles. The van der Waals surface area contributed by atoms with Crippen LogP contribution in [0.15, 0.2) is 30.9 Å². The fourth-order valence-electron chi connectivity index (χ4n) is 1.01. The second kappa shape index (κ2) is 4.21. The van der Waals surface area contributed by atoms with Crippen molar-refractivity contribution in [3.05, 3.63) is 51.6 Å². The highest BCUT2D eigenvalue weighted by atomic mass is 35.5. The normalized spacial score (nSPS) is 12.1. The van der Waals surface area contributed by atoms with Crippen molar-refractivity contribution in [2.45, 2.75) is 6.10 Å². The Labute approximate surface area is 85.6 Å². The first-order chi connectivity index (χ1) is 6.54. The van der Waals surface area contributed by atoms with Crippen LogP contribution in [0.5, 0.6) is 0 Å². The number of nitrogens with zero attached hydrogens (tertiary/aromatic N) is 1. The van der Waals surface area contributed by atoms with E-state index < -0.39 is 11.0 Å². The number of aliphatic hydroxyl groups excluding tert-OH is 1. The van der Waals surface area contributed by atoms with Crippen molar-refractivity contribution >= 4 is 17.3 Å². The maximum Gasteiger partial charge on any atom is 0.271 e. The standard InChI is InChI=1S/C9H8ClNO3/c1-2-9(12)6-3-7(10)5-8(4-6)11(13)14/h2-5,9,12H,1H2. The first-order valence-corrected chi connectivity index (χ1v) is 4.18. The van der Waals surface area contributed by atoms with E-state index in [1.807, 2.05) is 0 Å². The molecule has 1 N–H and O–H groups in total. The van der Waals surface area contributed by atoms with Gasteiger partial charge >= 0.3 is 0 Å². The van der Waals surface area contributed by atoms with E-state index in [1.54, 1.807) is 0 Å². The average Bonchev–Trinajstić information content (AvgIpc) is 2.15. The van der Waals surface area contributed by atoms with Crippen molar-refractivity contribution in [3.8, 4) is 0 Å². The molecule has 4 nitrogen and oxygen atoms in total. The molecular formula is C9H8ClNO3. The molecule has 0 aromatic heterocycles. The molecule has 0 fully saturated rings. The van der Waals surface area contributed by atoms with E-state index in [9.17, 15) is 15.2 Å². The van der Waals surface area contributed by atoms with Gasteiger partial charge in [0.25, 0.3) is 5.69 Å². The molecule has 5 heteroatoms. The van der Waals surface area contributed by atoms with Gasteiger partial charge in [-0.15, -0.1) is 6.58 Å². The zero-order chi connectivity index (χ0) is 10.7. The molecule has 1 atom stereocenters. The molecule has 0 saturated carbocycles. The van der Waals surface area contributed by atoms with Crippen LogP contribution in [0, 0.1) is 10.1 Å². The van der Waals surface area contributed by atoms with Crippen LogP contribution < -0.4 is 0 Å². The van der Waals surface area contributed by atoms with E-state index >= 15 is 0 Å². The summed E-state index contributed by atoms with van der Waals surface area (Å²) < 4.78 is 0. The Morgan fingerprint density at radius 1 is 1.57 bits per heavy atom. The molecule has 1 aromatic rings. The second-order valence-electron chi connectivity index (χ2n) is 2.68. The van der Waals surface area contributed by atoms with Crippen LogP contribution in [0.25, 0.3) is 0 Å². The zero-order valence-electron chi connectivity index (χ0n) is 7.18. The number of hydrogen-bond donors (Lipinski definition) is 1. The van der Waals surface area contributed by atoms with Gasteiger partial charge < -0.3 is 5.11 Å². The number of non-ortho nitro benzene ring substituents is 1. The summed E-state index contributed by atoms with van der Waals surface area (Å²) in [5.41, 5.74) is 0.215. The number of hydrogen-bond acceptors (Lipinski definition) is 3. The Morgan fingerprint density at radius 2 is 2.21 bits per heavy atom. The van der Waals surface area contributed by atoms with Crippen LogP contribution in [0.1, 0.15) is 11.7 Å². The molecule has 0 amide bonds. The summed E-state index contributed by atoms with van der Waals surface area (Å²) in [5.74, 6) is 0. The van der Waals surface area contributed by atoms with E-state index in [0.29, 0.717) is 5.56 Å². The van der Waals surface area contributed by atoms with Gasteiger partial charge in [-0.1, -0.05) is 17.7 Å². The summed E-state index contributed by atoms with van der Waals surface area (Å²) >= 11 is 5.65. The Bertz CT molecular complexity index is 378. The first kappa shape index (κ1) is 10.7. The third-order valence-electron chi connectivity index (χ3n) is 1.68. The summed E-state index contributed by atoms with van der Waals surface area (Å²) in [5, 5.41) is 20.0. The number of halogens is 1. The van der Waals surface area contributed by atoms with Crippen LogP contribution in [-0.4, -0.2) is 10.0 Å². The zero-order valence-corrected chi connectivity index (χ0v) is 7.94. The minimum absolute atomic E-state index is 0.145. The Balaban J connectivity index is 3.19. The second-order valence-corrected chi connectivity index (χ2v) is 3.12. The van der Waals surface area contributed by atoms with Gasteiger partial charge in [0.1, 0.15) is 0 Å². The Hall–Kier alpha value is -1.39. The molecule has 0 saturated heterocycles. The van der Waals surface area contributed by atoms with Crippen LogP contribution in [0.4, 0.5) is 5.69 Å². The summed E-state index contributed by atoms with van der Waals surface area (Å²) in [6, 6.07) is 3.94. The monoisotopic (exact) mass is 213 g/mol. The molecule has 0 aliphatic rings. The first-order valence-electron chi connectivity index (χ1n) is 3.80. The quantitative estimate of drug-likeness (QED) is 0.477. The number of aliphatic hydroxyl groups is 1. The molecule has 1 rings (SSSR count). The van der Waals surface area contributed by atoms with Gasteiger partial charge in [-0.3, -0.25) is 10.1 Å². The molecule has 74 valence electrons. The Morgan fingerprint density at radius 3 is 2.71 bits per heavy atom. The van der Waals surface area contributed by atoms with Crippen LogP contribution in [-0.2, 0) is 0 Å². The Kier molecular flexibility index (Phi) is 3.22. The maximum atomic E-state index is 10.5. The fourth-order valence-corrected chi connectivity index (χ4v) is 1.25. The smallest absolute Gasteiger partial charge is 0.271 e. The average molecular weight is 214 g/mol. The van der Waals surface area contributed by atoms with Gasteiger partial charge in [-0.05, 0) is 11.6 Å². The number of benzene rings is 1. The largest absolute Gasteiger partial charge is 0.384 e. The van der Waals surface area contributed by atoms with Crippen molar-refractivity contribution in [3.63, 3.8) is 0 Å². The molecule has 0 bridgehead atoms. The molecule has 14 heavy (non-hydrogen) atoms. The van der Waals surface area contributed by atoms with E-state index in [1.165, 1.54) is 24.3 Å². The van der Waals surface area contributed by atoms with Crippen LogP contribution in [0.2, 0.25) is 5.02 Å². The summed E-state index contributed by atoms with van der Waals surface area (Å²) in [6.07, 6.45) is 0.336. The van der Waals surface area contributed by atoms with Crippen molar-refractivity contribution < 1.29 is 10.0 Å². The van der Waals surface area contributed by atoms with Crippen molar-refractivity contribution in [1.29, 1.82) is 0 Å². The highest BCUT2D eigenvalue weighted by Crippen LogP contribution is 2.25. The summed E-state index contributed by atoms with van der Waals surface area (Å²) in [6.45, 7) is 3.38. The summed E-state index contributed by atoms with van der Waals surface area (Å²) in [7, 11) is 0. The molecule has 0 heterocycles. The lowest BCUT2D eigenvalue weighted by molar-refractivity contribution is -0.384. The third kappa shape index (κ3) is 2.31. The molecule has 0 aliphatic carbocycles. The summed E-state index contributed by atoms with van der Waals surface area (Å²) in [4.78, 5) is 9.89. The minimum Gasteiger partial charge on any atom is -0.384 e. The van der Waals surface area contributed by atoms with Crippen LogP contribution >= 0.6 is 11.6 Å². The molecule has 0 spiro atoms. The molecule has 1 aromatic carbocycles. The van der Waals surface area contributed by atoms with E-state index in [4.69, 9.17) is 11.6 Å². The van der Waals surface area contributed by atoms with Crippen molar-refractivity contribution in [2.75, 3.05) is 0 Å². The van der Waals surface area contributed by atoms with Gasteiger partial charge in [-0.25, -0.2) is 0 Å². The number of rotatable bonds is 3. The number of nitro benzene ring substituents is 1. The maximum absolute atomic E-state index is 10.5. The lowest BCUT2D eigenvalue weighted by atomic mass is 10.1. The third-order valence-corrected chi connectivity index (χ3v) is 1.90.